The standard InChI is InChI=1S/C32H22N4O7S2/c37-26-18-20(31(38)33-22-1-9-27(10-2-22)44-29-13-5-24(6-14-29)35(40)41)17-21(19-26)32(39)34-23-3-11-28(12-4-23)45-30-15-7-25(8-16-30)36(42)43/h1-19,37H,(H,33,38)(H,34,39). The second-order valence-electron chi connectivity index (χ2n) is 9.43. The van der Waals surface area contributed by atoms with E-state index < -0.39 is 21.7 Å². The minimum atomic E-state index is -0.525. The van der Waals surface area contributed by atoms with Crippen LogP contribution in [-0.4, -0.2) is 26.8 Å². The van der Waals surface area contributed by atoms with Crippen molar-refractivity contribution in [2.45, 2.75) is 19.6 Å². The van der Waals surface area contributed by atoms with Crippen molar-refractivity contribution in [3.8, 4) is 5.75 Å². The van der Waals surface area contributed by atoms with E-state index in [0.717, 1.165) is 19.6 Å². The molecular weight excluding hydrogens is 617 g/mol. The molecule has 0 aliphatic carbocycles. The molecular formula is C32H22N4O7S2. The van der Waals surface area contributed by atoms with Crippen LogP contribution in [0.1, 0.15) is 20.7 Å². The molecule has 0 bridgehead atoms. The van der Waals surface area contributed by atoms with Gasteiger partial charge in [0.25, 0.3) is 23.2 Å². The Morgan fingerprint density at radius 1 is 0.533 bits per heavy atom. The van der Waals surface area contributed by atoms with E-state index in [1.165, 1.54) is 66.0 Å². The predicted molar refractivity (Wildman–Crippen MR) is 171 cm³/mol. The SMILES string of the molecule is O=C(Nc1ccc(Sc2ccc([N+](=O)[O-])cc2)cc1)c1cc(O)cc(C(=O)Nc2ccc(Sc3ccc([N+](=O)[O-])cc3)cc2)c1. The van der Waals surface area contributed by atoms with E-state index in [4.69, 9.17) is 0 Å². The van der Waals surface area contributed by atoms with Gasteiger partial charge in [0.15, 0.2) is 0 Å². The second kappa shape index (κ2) is 13.8. The summed E-state index contributed by atoms with van der Waals surface area (Å²) in [6, 6.07) is 30.2. The highest BCUT2D eigenvalue weighted by molar-refractivity contribution is 7.99. The van der Waals surface area contributed by atoms with Gasteiger partial charge in [-0.2, -0.15) is 0 Å². The Morgan fingerprint density at radius 3 is 1.16 bits per heavy atom. The Kier molecular flexibility index (Phi) is 9.41. The van der Waals surface area contributed by atoms with Crippen LogP contribution >= 0.6 is 23.5 Å². The first-order chi connectivity index (χ1) is 21.6. The van der Waals surface area contributed by atoms with Crippen molar-refractivity contribution in [1.29, 1.82) is 0 Å². The number of nitrogens with zero attached hydrogens (tertiary/aromatic N) is 2. The first kappa shape index (κ1) is 30.8. The van der Waals surface area contributed by atoms with Gasteiger partial charge in [-0.1, -0.05) is 23.5 Å². The van der Waals surface area contributed by atoms with Gasteiger partial charge in [-0.25, -0.2) is 0 Å². The number of nitro groups is 2. The monoisotopic (exact) mass is 638 g/mol. The minimum Gasteiger partial charge on any atom is -0.508 e. The van der Waals surface area contributed by atoms with E-state index in [9.17, 15) is 34.9 Å². The third-order valence-corrected chi connectivity index (χ3v) is 8.26. The number of non-ortho nitro benzene ring substituents is 2. The average Bonchev–Trinajstić information content (AvgIpc) is 3.03. The fourth-order valence-electron chi connectivity index (χ4n) is 4.04. The third-order valence-electron chi connectivity index (χ3n) is 6.23. The van der Waals surface area contributed by atoms with Crippen LogP contribution in [0, 0.1) is 20.2 Å². The third kappa shape index (κ3) is 8.25. The molecule has 0 saturated heterocycles. The lowest BCUT2D eigenvalue weighted by Gasteiger charge is -2.10. The van der Waals surface area contributed by atoms with Crippen LogP contribution < -0.4 is 10.6 Å². The first-order valence-corrected chi connectivity index (χ1v) is 14.8. The van der Waals surface area contributed by atoms with Crippen molar-refractivity contribution in [3.05, 3.63) is 147 Å². The molecule has 0 atom stereocenters. The molecule has 3 N–H and O–H groups in total. The zero-order valence-corrected chi connectivity index (χ0v) is 24.7. The van der Waals surface area contributed by atoms with Gasteiger partial charge >= 0.3 is 0 Å². The summed E-state index contributed by atoms with van der Waals surface area (Å²) in [4.78, 5) is 50.0. The molecule has 0 aliphatic heterocycles. The van der Waals surface area contributed by atoms with Crippen molar-refractivity contribution in [3.63, 3.8) is 0 Å². The number of hydrogen-bond acceptors (Lipinski definition) is 9. The quantitative estimate of drug-likeness (QED) is 0.101. The van der Waals surface area contributed by atoms with Crippen LogP contribution in [0.4, 0.5) is 22.7 Å². The van der Waals surface area contributed by atoms with Gasteiger partial charge in [-0.3, -0.25) is 29.8 Å². The minimum absolute atomic E-state index is 0.0107. The van der Waals surface area contributed by atoms with Crippen molar-refractivity contribution < 1.29 is 24.5 Å². The maximum absolute atomic E-state index is 13.0. The lowest BCUT2D eigenvalue weighted by molar-refractivity contribution is -0.385. The van der Waals surface area contributed by atoms with Crippen LogP contribution in [0.5, 0.6) is 5.75 Å². The first-order valence-electron chi connectivity index (χ1n) is 13.1. The summed E-state index contributed by atoms with van der Waals surface area (Å²) in [5.41, 5.74) is 1.18. The maximum Gasteiger partial charge on any atom is 0.269 e. The second-order valence-corrected chi connectivity index (χ2v) is 11.7. The highest BCUT2D eigenvalue weighted by Gasteiger charge is 2.14. The van der Waals surface area contributed by atoms with Crippen molar-refractivity contribution >= 4 is 58.1 Å². The lowest BCUT2D eigenvalue weighted by atomic mass is 10.1. The Hall–Kier alpha value is -5.66. The fourth-order valence-corrected chi connectivity index (χ4v) is 5.67. The summed E-state index contributed by atoms with van der Waals surface area (Å²) < 4.78 is 0. The zero-order valence-electron chi connectivity index (χ0n) is 23.1. The topological polar surface area (TPSA) is 165 Å². The number of benzene rings is 5. The van der Waals surface area contributed by atoms with E-state index >= 15 is 0 Å². The molecule has 224 valence electrons. The molecule has 0 aromatic heterocycles. The van der Waals surface area contributed by atoms with Crippen LogP contribution in [0.2, 0.25) is 0 Å². The summed E-state index contributed by atoms with van der Waals surface area (Å²) in [6.45, 7) is 0. The van der Waals surface area contributed by atoms with E-state index in [1.807, 2.05) is 0 Å². The largest absolute Gasteiger partial charge is 0.508 e. The van der Waals surface area contributed by atoms with E-state index in [0.29, 0.717) is 11.4 Å². The summed E-state index contributed by atoms with van der Waals surface area (Å²) in [6.07, 6.45) is 0. The summed E-state index contributed by atoms with van der Waals surface area (Å²) >= 11 is 2.81. The molecule has 5 aromatic carbocycles. The molecule has 11 nitrogen and oxygen atoms in total. The number of amides is 2. The molecule has 5 aromatic rings. The number of aromatic hydroxyl groups is 1. The van der Waals surface area contributed by atoms with Crippen LogP contribution in [0.25, 0.3) is 0 Å². The van der Waals surface area contributed by atoms with Gasteiger partial charge in [0, 0.05) is 66.3 Å². The highest BCUT2D eigenvalue weighted by Crippen LogP contribution is 2.31. The van der Waals surface area contributed by atoms with Crippen LogP contribution in [-0.2, 0) is 0 Å². The molecule has 0 fully saturated rings. The number of carbonyl (C=O) groups is 2. The van der Waals surface area contributed by atoms with Crippen LogP contribution in [0.3, 0.4) is 0 Å². The van der Waals surface area contributed by atoms with Gasteiger partial charge in [-0.15, -0.1) is 0 Å². The summed E-state index contributed by atoms with van der Waals surface area (Å²) in [5, 5.41) is 37.4. The molecule has 45 heavy (non-hydrogen) atoms. The Bertz CT molecular complexity index is 1750. The maximum atomic E-state index is 13.0. The summed E-state index contributed by atoms with van der Waals surface area (Å²) in [7, 11) is 0. The molecule has 0 heterocycles. The van der Waals surface area contributed by atoms with Crippen molar-refractivity contribution in [1.82, 2.24) is 0 Å². The smallest absolute Gasteiger partial charge is 0.269 e. The van der Waals surface area contributed by atoms with Gasteiger partial charge < -0.3 is 15.7 Å². The number of phenols is 1. The molecule has 0 saturated carbocycles. The van der Waals surface area contributed by atoms with Crippen molar-refractivity contribution in [2.24, 2.45) is 0 Å². The van der Waals surface area contributed by atoms with Gasteiger partial charge in [-0.05, 0) is 91.0 Å². The van der Waals surface area contributed by atoms with E-state index in [1.54, 1.807) is 72.8 Å². The number of hydrogen-bond donors (Lipinski definition) is 3. The zero-order chi connectivity index (χ0) is 31.9. The van der Waals surface area contributed by atoms with Gasteiger partial charge in [0.05, 0.1) is 9.85 Å². The number of nitro benzene ring substituents is 2. The lowest BCUT2D eigenvalue weighted by Crippen LogP contribution is -2.15. The molecule has 5 rings (SSSR count). The van der Waals surface area contributed by atoms with Gasteiger partial charge in [0.2, 0.25) is 0 Å². The number of phenolic OH excluding ortho intramolecular Hbond substituents is 1. The van der Waals surface area contributed by atoms with Gasteiger partial charge in [0.1, 0.15) is 5.75 Å². The van der Waals surface area contributed by atoms with Crippen molar-refractivity contribution in [2.75, 3.05) is 10.6 Å². The van der Waals surface area contributed by atoms with E-state index in [2.05, 4.69) is 10.6 Å². The summed E-state index contributed by atoms with van der Waals surface area (Å²) in [5.74, 6) is -1.30. The average molecular weight is 639 g/mol. The molecule has 0 aliphatic rings. The highest BCUT2D eigenvalue weighted by atomic mass is 32.2. The predicted octanol–water partition coefficient (Wildman–Crippen LogP) is 8.02. The molecule has 13 heteroatoms. The fraction of sp³-hybridized carbons (Fsp3) is 0. The van der Waals surface area contributed by atoms with Crippen LogP contribution in [0.15, 0.2) is 135 Å². The normalized spacial score (nSPS) is 10.6. The Balaban J connectivity index is 1.19. The number of anilines is 2. The molecule has 0 spiro atoms. The van der Waals surface area contributed by atoms with E-state index in [-0.39, 0.29) is 28.3 Å². The number of nitrogens with one attached hydrogen (secondary N) is 2. The molecule has 0 unspecified atom stereocenters. The molecule has 0 radical (unpaired) electrons. The number of carbonyl (C=O) groups excluding carboxylic acids is 2. The number of rotatable bonds is 10. The Morgan fingerprint density at radius 2 is 0.844 bits per heavy atom. The Labute approximate surface area is 264 Å². The molecule has 2 amide bonds.